The molecule has 160 valence electrons. The molecule has 0 atom stereocenters. The summed E-state index contributed by atoms with van der Waals surface area (Å²) < 4.78 is 0. The minimum Gasteiger partial charge on any atom is -0.339 e. The number of aryl methyl sites for hydroxylation is 1. The molecule has 1 saturated carbocycles. The van der Waals surface area contributed by atoms with Crippen molar-refractivity contribution in [2.75, 3.05) is 39.3 Å². The second-order valence-corrected chi connectivity index (χ2v) is 10.0. The van der Waals surface area contributed by atoms with E-state index >= 15 is 0 Å². The van der Waals surface area contributed by atoms with E-state index in [0.29, 0.717) is 50.3 Å². The molecular weight excluding hydrogens is 384 g/mol. The summed E-state index contributed by atoms with van der Waals surface area (Å²) in [4.78, 5) is 36.5. The van der Waals surface area contributed by atoms with Crippen LogP contribution in [0.2, 0.25) is 0 Å². The number of aromatic nitrogens is 1. The van der Waals surface area contributed by atoms with Gasteiger partial charge in [0.05, 0.1) is 10.7 Å². The highest BCUT2D eigenvalue weighted by Crippen LogP contribution is 2.28. The summed E-state index contributed by atoms with van der Waals surface area (Å²) in [5.74, 6) is 1.34. The highest BCUT2D eigenvalue weighted by molar-refractivity contribution is 7.09. The second kappa shape index (κ2) is 9.56. The first-order chi connectivity index (χ1) is 14.1. The van der Waals surface area contributed by atoms with Crippen molar-refractivity contribution < 1.29 is 9.59 Å². The highest BCUT2D eigenvalue weighted by atomic mass is 32.1. The second-order valence-electron chi connectivity index (χ2n) is 8.97. The van der Waals surface area contributed by atoms with Gasteiger partial charge in [0.15, 0.2) is 0 Å². The Hall–Kier alpha value is -1.47. The number of thiazole rings is 1. The highest BCUT2D eigenvalue weighted by Gasteiger charge is 2.32. The van der Waals surface area contributed by atoms with Crippen molar-refractivity contribution in [3.63, 3.8) is 0 Å². The zero-order valence-electron chi connectivity index (χ0n) is 17.6. The average Bonchev–Trinajstić information content (AvgIpc) is 3.40. The summed E-state index contributed by atoms with van der Waals surface area (Å²) in [6.45, 7) is 7.69. The molecule has 4 rings (SSSR count). The van der Waals surface area contributed by atoms with Gasteiger partial charge in [-0.15, -0.1) is 11.3 Å². The van der Waals surface area contributed by atoms with Gasteiger partial charge in [0.2, 0.25) is 11.8 Å². The smallest absolute Gasteiger partial charge is 0.225 e. The van der Waals surface area contributed by atoms with Crippen LogP contribution in [0.1, 0.15) is 55.6 Å². The molecule has 0 N–H and O–H groups in total. The molecule has 0 aromatic carbocycles. The van der Waals surface area contributed by atoms with Gasteiger partial charge in [-0.1, -0.05) is 12.8 Å². The minimum atomic E-state index is 0.143. The van der Waals surface area contributed by atoms with E-state index < -0.39 is 0 Å². The van der Waals surface area contributed by atoms with Gasteiger partial charge < -0.3 is 9.80 Å². The molecular formula is C22H34N4O2S. The fourth-order valence-corrected chi connectivity index (χ4v) is 5.68. The number of hydrogen-bond donors (Lipinski definition) is 0. The monoisotopic (exact) mass is 418 g/mol. The molecule has 6 nitrogen and oxygen atoms in total. The Morgan fingerprint density at radius 3 is 2.28 bits per heavy atom. The van der Waals surface area contributed by atoms with E-state index in [1.165, 1.54) is 25.7 Å². The van der Waals surface area contributed by atoms with Gasteiger partial charge in [0, 0.05) is 50.4 Å². The molecule has 3 aliphatic rings. The van der Waals surface area contributed by atoms with Crippen molar-refractivity contribution in [3.05, 3.63) is 16.1 Å². The zero-order valence-corrected chi connectivity index (χ0v) is 18.5. The van der Waals surface area contributed by atoms with Crippen molar-refractivity contribution >= 4 is 23.2 Å². The van der Waals surface area contributed by atoms with Crippen LogP contribution in [0, 0.1) is 18.8 Å². The summed E-state index contributed by atoms with van der Waals surface area (Å²) in [5, 5.41) is 3.26. The van der Waals surface area contributed by atoms with Gasteiger partial charge in [0.25, 0.3) is 0 Å². The van der Waals surface area contributed by atoms with E-state index in [4.69, 9.17) is 0 Å². The molecule has 29 heavy (non-hydrogen) atoms. The lowest BCUT2D eigenvalue weighted by Crippen LogP contribution is -2.53. The van der Waals surface area contributed by atoms with Crippen LogP contribution in [0.25, 0.3) is 0 Å². The number of rotatable bonds is 5. The quantitative estimate of drug-likeness (QED) is 0.738. The Kier molecular flexibility index (Phi) is 6.85. The summed E-state index contributed by atoms with van der Waals surface area (Å²) in [6, 6.07) is 0. The van der Waals surface area contributed by atoms with Gasteiger partial charge in [0.1, 0.15) is 0 Å². The molecule has 2 aliphatic heterocycles. The SMILES string of the molecule is Cc1nc(CN2CCC(C(=O)N3CCN(C(=O)CC4CCCC4)CC3)CC2)cs1. The number of hydrogen-bond acceptors (Lipinski definition) is 5. The van der Waals surface area contributed by atoms with Crippen molar-refractivity contribution in [2.45, 2.75) is 58.4 Å². The van der Waals surface area contributed by atoms with E-state index in [-0.39, 0.29) is 5.92 Å². The number of amides is 2. The third-order valence-corrected chi connectivity index (χ3v) is 7.69. The van der Waals surface area contributed by atoms with Gasteiger partial charge in [-0.05, 0) is 51.6 Å². The summed E-state index contributed by atoms with van der Waals surface area (Å²) in [7, 11) is 0. The maximum Gasteiger partial charge on any atom is 0.225 e. The van der Waals surface area contributed by atoms with Crippen molar-refractivity contribution in [3.8, 4) is 0 Å². The number of nitrogens with zero attached hydrogens (tertiary/aromatic N) is 4. The Morgan fingerprint density at radius 2 is 1.66 bits per heavy atom. The molecule has 1 aromatic rings. The molecule has 0 radical (unpaired) electrons. The lowest BCUT2D eigenvalue weighted by molar-refractivity contribution is -0.143. The Morgan fingerprint density at radius 1 is 1.00 bits per heavy atom. The molecule has 0 bridgehead atoms. The van der Waals surface area contributed by atoms with E-state index in [9.17, 15) is 9.59 Å². The molecule has 1 aliphatic carbocycles. The molecule has 0 unspecified atom stereocenters. The van der Waals surface area contributed by atoms with Crippen LogP contribution in [0.3, 0.4) is 0 Å². The van der Waals surface area contributed by atoms with Crippen molar-refractivity contribution in [1.82, 2.24) is 19.7 Å². The minimum absolute atomic E-state index is 0.143. The summed E-state index contributed by atoms with van der Waals surface area (Å²) in [5.41, 5.74) is 1.15. The van der Waals surface area contributed by atoms with Crippen LogP contribution < -0.4 is 0 Å². The zero-order chi connectivity index (χ0) is 20.2. The van der Waals surface area contributed by atoms with Gasteiger partial charge in [-0.3, -0.25) is 14.5 Å². The van der Waals surface area contributed by atoms with E-state index in [2.05, 4.69) is 15.3 Å². The summed E-state index contributed by atoms with van der Waals surface area (Å²) in [6.07, 6.45) is 7.57. The lowest BCUT2D eigenvalue weighted by Gasteiger charge is -2.38. The van der Waals surface area contributed by atoms with Crippen molar-refractivity contribution in [1.29, 1.82) is 0 Å². The van der Waals surface area contributed by atoms with Crippen LogP contribution >= 0.6 is 11.3 Å². The number of piperazine rings is 1. The van der Waals surface area contributed by atoms with Gasteiger partial charge in [-0.25, -0.2) is 4.98 Å². The molecule has 2 saturated heterocycles. The Labute approximate surface area is 178 Å². The first-order valence-corrected chi connectivity index (χ1v) is 12.2. The molecule has 3 fully saturated rings. The normalized spacial score (nSPS) is 22.4. The third kappa shape index (κ3) is 5.37. The van der Waals surface area contributed by atoms with Gasteiger partial charge in [-0.2, -0.15) is 0 Å². The summed E-state index contributed by atoms with van der Waals surface area (Å²) >= 11 is 1.70. The maximum atomic E-state index is 13.0. The van der Waals surface area contributed by atoms with Crippen LogP contribution in [0.4, 0.5) is 0 Å². The third-order valence-electron chi connectivity index (χ3n) is 6.87. The van der Waals surface area contributed by atoms with E-state index in [0.717, 1.165) is 43.2 Å². The van der Waals surface area contributed by atoms with Crippen molar-refractivity contribution in [2.24, 2.45) is 11.8 Å². The lowest BCUT2D eigenvalue weighted by atomic mass is 9.95. The van der Waals surface area contributed by atoms with Crippen LogP contribution in [0.15, 0.2) is 5.38 Å². The molecule has 3 heterocycles. The van der Waals surface area contributed by atoms with E-state index in [1.807, 2.05) is 16.7 Å². The number of carbonyl (C=O) groups excluding carboxylic acids is 2. The van der Waals surface area contributed by atoms with E-state index in [1.54, 1.807) is 11.3 Å². The predicted molar refractivity (Wildman–Crippen MR) is 115 cm³/mol. The number of piperidine rings is 1. The molecule has 2 amide bonds. The number of carbonyl (C=O) groups is 2. The Bertz CT molecular complexity index is 699. The average molecular weight is 419 g/mol. The van der Waals surface area contributed by atoms with Crippen LogP contribution in [-0.4, -0.2) is 70.8 Å². The Balaban J connectivity index is 1.18. The fourth-order valence-electron chi connectivity index (χ4n) is 5.07. The first-order valence-electron chi connectivity index (χ1n) is 11.3. The predicted octanol–water partition coefficient (Wildman–Crippen LogP) is 2.91. The van der Waals surface area contributed by atoms with Crippen LogP contribution in [-0.2, 0) is 16.1 Å². The number of likely N-dealkylation sites (tertiary alicyclic amines) is 1. The topological polar surface area (TPSA) is 56.8 Å². The maximum absolute atomic E-state index is 13.0. The van der Waals surface area contributed by atoms with Crippen LogP contribution in [0.5, 0.6) is 0 Å². The molecule has 1 aromatic heterocycles. The molecule has 0 spiro atoms. The van der Waals surface area contributed by atoms with Gasteiger partial charge >= 0.3 is 0 Å². The fraction of sp³-hybridized carbons (Fsp3) is 0.773. The largest absolute Gasteiger partial charge is 0.339 e. The standard InChI is InChI=1S/C22H34N4O2S/c1-17-23-20(16-29-17)15-24-8-6-19(7-9-24)22(28)26-12-10-25(11-13-26)21(27)14-18-4-2-3-5-18/h16,18-19H,2-15H2,1H3. The molecule has 7 heteroatoms. The first kappa shape index (κ1) is 20.8.